The quantitative estimate of drug-likeness (QED) is 0.123. The number of hydrogen-bond donors (Lipinski definition) is 0. The third-order valence-electron chi connectivity index (χ3n) is 9.42. The zero-order chi connectivity index (χ0) is 42.1. The average Bonchev–Trinajstić information content (AvgIpc) is 3.92. The second kappa shape index (κ2) is 16.3. The third-order valence-corrected chi connectivity index (χ3v) is 15.6. The van der Waals surface area contributed by atoms with Crippen molar-refractivity contribution in [2.24, 2.45) is 0 Å². The van der Waals surface area contributed by atoms with Gasteiger partial charge in [-0.05, 0) is 53.2 Å². The molecule has 4 aromatic heterocycles. The Balaban J connectivity index is 0.000000370. The Labute approximate surface area is 347 Å². The van der Waals surface area contributed by atoms with Gasteiger partial charge in [0, 0.05) is 51.5 Å². The Morgan fingerprint density at radius 3 is 2.13 bits per heavy atom. The molecule has 0 spiro atoms. The van der Waals surface area contributed by atoms with Crippen molar-refractivity contribution in [3.05, 3.63) is 180 Å². The number of thiazole rings is 1. The Bertz CT molecular complexity index is 2910. The molecule has 1 radical (unpaired) electrons. The molecule has 269 valence electrons. The molecule has 4 heterocycles. The number of rotatable bonds is 6. The number of aromatic nitrogens is 3. The predicted molar refractivity (Wildman–Crippen MR) is 223 cm³/mol. The summed E-state index contributed by atoms with van der Waals surface area (Å²) in [5.41, 5.74) is 4.39. The summed E-state index contributed by atoms with van der Waals surface area (Å²) < 4.78 is 55.1. The fraction of sp³-hybridized carbons (Fsp3) is 0.0638. The summed E-state index contributed by atoms with van der Waals surface area (Å²) in [5.74, 6) is 0. The van der Waals surface area contributed by atoms with Crippen LogP contribution in [0.3, 0.4) is 0 Å². The van der Waals surface area contributed by atoms with E-state index >= 15 is 0 Å². The molecule has 5 aromatic carbocycles. The van der Waals surface area contributed by atoms with Crippen LogP contribution < -0.4 is 15.0 Å². The van der Waals surface area contributed by atoms with Gasteiger partial charge >= 0.3 is 0 Å². The maximum absolute atomic E-state index is 10.2. The molecular formula is C47H34IrN4OSSi-2. The maximum Gasteiger partial charge on any atom is 0.181 e. The average molecular weight is 929 g/mol. The molecule has 0 unspecified atom stereocenters. The van der Waals surface area contributed by atoms with Crippen molar-refractivity contribution in [3.63, 3.8) is 0 Å². The minimum atomic E-state index is -2.68. The van der Waals surface area contributed by atoms with Crippen LogP contribution in [0.1, 0.15) is 24.9 Å². The second-order valence-electron chi connectivity index (χ2n) is 12.7. The van der Waals surface area contributed by atoms with Gasteiger partial charge in [-0.15, -0.1) is 65.4 Å². The van der Waals surface area contributed by atoms with Gasteiger partial charge in [-0.1, -0.05) is 108 Å². The first kappa shape index (κ1) is 30.5. The molecule has 0 aliphatic heterocycles. The zero-order valence-electron chi connectivity index (χ0n) is 35.4. The molecule has 0 aliphatic carbocycles. The third kappa shape index (κ3) is 7.24. The minimum Gasteiger partial charge on any atom is -0.500 e. The molecule has 8 heteroatoms. The van der Waals surface area contributed by atoms with Gasteiger partial charge in [0.15, 0.2) is 8.07 Å². The molecule has 9 aromatic rings. The Morgan fingerprint density at radius 2 is 1.45 bits per heavy atom. The van der Waals surface area contributed by atoms with Gasteiger partial charge in [-0.3, -0.25) is 0 Å². The van der Waals surface area contributed by atoms with Crippen molar-refractivity contribution in [1.29, 1.82) is 5.26 Å². The summed E-state index contributed by atoms with van der Waals surface area (Å²) in [6.07, 6.45) is 2.88. The summed E-state index contributed by atoms with van der Waals surface area (Å²) in [6, 6.07) is 51.4. The van der Waals surface area contributed by atoms with Crippen molar-refractivity contribution >= 4 is 56.4 Å². The maximum atomic E-state index is 10.2. The smallest absolute Gasteiger partial charge is 0.181 e. The van der Waals surface area contributed by atoms with E-state index in [1.54, 1.807) is 29.7 Å². The number of fused-ring (bicyclic) bond motifs is 3. The van der Waals surface area contributed by atoms with Gasteiger partial charge in [0.25, 0.3) is 0 Å². The van der Waals surface area contributed by atoms with Crippen LogP contribution in [0.15, 0.2) is 156 Å². The summed E-state index contributed by atoms with van der Waals surface area (Å²) in [5, 5.41) is 16.1. The largest absolute Gasteiger partial charge is 0.500 e. The molecule has 0 saturated carbocycles. The van der Waals surface area contributed by atoms with E-state index in [-0.39, 0.29) is 36.9 Å². The van der Waals surface area contributed by atoms with E-state index in [0.717, 1.165) is 27.5 Å². The van der Waals surface area contributed by atoms with Gasteiger partial charge in [0.2, 0.25) is 0 Å². The number of aryl methyl sites for hydroxylation is 2. The van der Waals surface area contributed by atoms with Gasteiger partial charge < -0.3 is 14.4 Å². The first-order valence-electron chi connectivity index (χ1n) is 20.1. The van der Waals surface area contributed by atoms with E-state index in [4.69, 9.17) is 17.6 Å². The van der Waals surface area contributed by atoms with E-state index in [0.29, 0.717) is 38.9 Å². The van der Waals surface area contributed by atoms with Crippen LogP contribution in [0.25, 0.3) is 55.7 Å². The van der Waals surface area contributed by atoms with Crippen molar-refractivity contribution < 1.29 is 32.7 Å². The molecule has 0 bridgehead atoms. The summed E-state index contributed by atoms with van der Waals surface area (Å²) in [7, 11) is -2.51. The van der Waals surface area contributed by atoms with E-state index < -0.39 is 21.8 Å². The Hall–Kier alpha value is -5.81. The number of pyridine rings is 2. The van der Waals surface area contributed by atoms with Crippen molar-refractivity contribution in [3.8, 4) is 39.8 Å². The van der Waals surface area contributed by atoms with Crippen LogP contribution >= 0.6 is 11.3 Å². The van der Waals surface area contributed by atoms with Crippen LogP contribution in [0.4, 0.5) is 0 Å². The molecule has 5 nitrogen and oxygen atoms in total. The topological polar surface area (TPSA) is 75.6 Å². The molecule has 0 fully saturated rings. The van der Waals surface area contributed by atoms with E-state index in [1.165, 1.54) is 16.4 Å². The van der Waals surface area contributed by atoms with Crippen LogP contribution in [0, 0.1) is 37.2 Å². The number of hydrogen-bond acceptors (Lipinski definition) is 6. The fourth-order valence-corrected chi connectivity index (χ4v) is 11.8. The molecule has 0 saturated heterocycles. The van der Waals surface area contributed by atoms with Crippen molar-refractivity contribution in [2.75, 3.05) is 0 Å². The van der Waals surface area contributed by atoms with Crippen molar-refractivity contribution in [2.45, 2.75) is 20.3 Å². The molecular weight excluding hydrogens is 889 g/mol. The predicted octanol–water partition coefficient (Wildman–Crippen LogP) is 9.71. The summed E-state index contributed by atoms with van der Waals surface area (Å²) in [6.45, 7) is -3.05. The first-order valence-corrected chi connectivity index (χ1v) is 20.5. The monoisotopic (exact) mass is 929 g/mol. The van der Waals surface area contributed by atoms with Gasteiger partial charge in [-0.25, -0.2) is 4.98 Å². The standard InChI is InChI=1S/C36H26N3OSSi.C11H8N.Ir/c1-23-19-31(38-21-24(23)2)30-16-10-15-28-29-18-17-25(20-37)33(35(29)40-34(28)30)32-22-41-36(39-32)42(3,26-11-6-4-7-12-26)27-13-8-5-9-14-27;1-2-6-10(7-3-1)11-8-4-5-9-12-11;/h4-15,17-19,21-22H,1-3H3;1-6,8-9H;/q2*-1;/i1D3,2D3;;. The van der Waals surface area contributed by atoms with Gasteiger partial charge in [0.1, 0.15) is 5.58 Å². The van der Waals surface area contributed by atoms with Crippen molar-refractivity contribution in [1.82, 2.24) is 15.0 Å². The molecule has 0 N–H and O–H groups in total. The minimum absolute atomic E-state index is 0. The molecule has 0 atom stereocenters. The first-order chi connectivity index (χ1) is 28.9. The molecule has 0 aliphatic rings. The molecule has 0 amide bonds. The molecule has 9 rings (SSSR count). The fourth-order valence-electron chi connectivity index (χ4n) is 6.58. The van der Waals surface area contributed by atoms with E-state index in [1.807, 2.05) is 96.4 Å². The zero-order valence-corrected chi connectivity index (χ0v) is 33.6. The van der Waals surface area contributed by atoms with Crippen LogP contribution in [0.2, 0.25) is 6.55 Å². The summed E-state index contributed by atoms with van der Waals surface area (Å²) >= 11 is 1.57. The number of nitriles is 1. The Kier molecular flexibility index (Phi) is 9.03. The van der Waals surface area contributed by atoms with E-state index in [2.05, 4.69) is 59.0 Å². The van der Waals surface area contributed by atoms with Crippen LogP contribution in [0.5, 0.6) is 0 Å². The van der Waals surface area contributed by atoms with Crippen LogP contribution in [-0.2, 0) is 20.1 Å². The van der Waals surface area contributed by atoms with Crippen LogP contribution in [-0.4, -0.2) is 23.0 Å². The number of benzene rings is 5. The normalized spacial score (nSPS) is 13.1. The van der Waals surface area contributed by atoms with Gasteiger partial charge in [0.05, 0.1) is 33.1 Å². The summed E-state index contributed by atoms with van der Waals surface area (Å²) in [4.78, 5) is 13.8. The number of nitrogens with zero attached hydrogens (tertiary/aromatic N) is 4. The van der Waals surface area contributed by atoms with E-state index in [9.17, 15) is 5.26 Å². The van der Waals surface area contributed by atoms with Gasteiger partial charge in [-0.2, -0.15) is 5.26 Å². The Morgan fingerprint density at radius 1 is 0.727 bits per heavy atom. The second-order valence-corrected chi connectivity index (χ2v) is 17.8. The molecule has 55 heavy (non-hydrogen) atoms. The SMILES string of the molecule is [2H]C([2H])([2H])c1cnc(-c2[c-]ccc3c2oc2c(-c4csc([Si](C)(c5ccccc5)c5ccccc5)n4)c(C#N)ccc23)cc1C([2H])([2H])[2H].[Ir].[c-]1ccccc1-c1ccccn1. The number of furan rings is 1.